The first-order valence-corrected chi connectivity index (χ1v) is 8.76. The molecular formula is C21H17ClN2O3. The number of nitrogens with zero attached hydrogens (tertiary/aromatic N) is 1. The van der Waals surface area contributed by atoms with Gasteiger partial charge in [-0.3, -0.25) is 14.9 Å². The van der Waals surface area contributed by atoms with Crippen LogP contribution in [-0.4, -0.2) is 10.8 Å². The second kappa shape index (κ2) is 8.47. The van der Waals surface area contributed by atoms with E-state index in [1.54, 1.807) is 6.07 Å². The van der Waals surface area contributed by atoms with Crippen molar-refractivity contribution in [2.24, 2.45) is 0 Å². The Morgan fingerprint density at radius 2 is 1.52 bits per heavy atom. The highest BCUT2D eigenvalue weighted by molar-refractivity contribution is 6.32. The summed E-state index contributed by atoms with van der Waals surface area (Å²) in [5.41, 5.74) is 2.16. The summed E-state index contributed by atoms with van der Waals surface area (Å²) < 4.78 is 0. The summed E-state index contributed by atoms with van der Waals surface area (Å²) in [6.45, 7) is 0. The molecule has 0 heterocycles. The van der Waals surface area contributed by atoms with Gasteiger partial charge >= 0.3 is 0 Å². The molecule has 0 fully saturated rings. The van der Waals surface area contributed by atoms with Gasteiger partial charge in [-0.2, -0.15) is 0 Å². The van der Waals surface area contributed by atoms with Crippen LogP contribution in [0.15, 0.2) is 78.9 Å². The van der Waals surface area contributed by atoms with Crippen molar-refractivity contribution >= 4 is 28.9 Å². The van der Waals surface area contributed by atoms with Gasteiger partial charge < -0.3 is 5.32 Å². The molecule has 0 radical (unpaired) electrons. The van der Waals surface area contributed by atoms with Gasteiger partial charge in [0.15, 0.2) is 0 Å². The number of nitro groups is 1. The molecule has 0 aliphatic rings. The third kappa shape index (κ3) is 4.71. The summed E-state index contributed by atoms with van der Waals surface area (Å²) >= 11 is 5.82. The lowest BCUT2D eigenvalue weighted by Gasteiger charge is -2.18. The number of amides is 1. The van der Waals surface area contributed by atoms with Crippen molar-refractivity contribution in [3.8, 4) is 0 Å². The number of carbonyl (C=O) groups excluding carboxylic acids is 1. The zero-order valence-corrected chi connectivity index (χ0v) is 15.1. The Morgan fingerprint density at radius 3 is 2.04 bits per heavy atom. The van der Waals surface area contributed by atoms with E-state index in [4.69, 9.17) is 11.6 Å². The van der Waals surface area contributed by atoms with E-state index >= 15 is 0 Å². The second-order valence-electron chi connectivity index (χ2n) is 6.05. The number of anilines is 1. The van der Waals surface area contributed by atoms with E-state index in [-0.39, 0.29) is 29.0 Å². The largest absolute Gasteiger partial charge is 0.326 e. The van der Waals surface area contributed by atoms with E-state index in [0.717, 1.165) is 11.1 Å². The van der Waals surface area contributed by atoms with Crippen LogP contribution in [-0.2, 0) is 4.79 Å². The molecule has 3 aromatic carbocycles. The van der Waals surface area contributed by atoms with Gasteiger partial charge in [-0.15, -0.1) is 0 Å². The van der Waals surface area contributed by atoms with Crippen molar-refractivity contribution in [3.63, 3.8) is 0 Å². The summed E-state index contributed by atoms with van der Waals surface area (Å²) in [6.07, 6.45) is 0.213. The van der Waals surface area contributed by atoms with Gasteiger partial charge in [0.2, 0.25) is 5.91 Å². The molecule has 136 valence electrons. The lowest BCUT2D eigenvalue weighted by molar-refractivity contribution is -0.384. The van der Waals surface area contributed by atoms with Crippen molar-refractivity contribution in [2.75, 3.05) is 5.32 Å². The van der Waals surface area contributed by atoms with Gasteiger partial charge in [0.1, 0.15) is 5.02 Å². The average molecular weight is 381 g/mol. The molecule has 6 heteroatoms. The number of nitrogens with one attached hydrogen (secondary N) is 1. The first kappa shape index (κ1) is 18.6. The quantitative estimate of drug-likeness (QED) is 0.459. The molecule has 1 amide bonds. The third-order valence-electron chi connectivity index (χ3n) is 4.22. The summed E-state index contributed by atoms with van der Waals surface area (Å²) in [6, 6.07) is 23.8. The number of halogens is 1. The Kier molecular flexibility index (Phi) is 5.84. The van der Waals surface area contributed by atoms with Gasteiger partial charge in [0.25, 0.3) is 5.69 Å². The summed E-state index contributed by atoms with van der Waals surface area (Å²) in [4.78, 5) is 23.1. The molecule has 0 aromatic heterocycles. The molecule has 0 saturated carbocycles. The maximum absolute atomic E-state index is 12.6. The van der Waals surface area contributed by atoms with E-state index in [2.05, 4.69) is 5.32 Å². The molecule has 3 rings (SSSR count). The zero-order valence-electron chi connectivity index (χ0n) is 14.3. The maximum Gasteiger partial charge on any atom is 0.289 e. The monoisotopic (exact) mass is 380 g/mol. The van der Waals surface area contributed by atoms with Crippen molar-refractivity contribution in [1.29, 1.82) is 0 Å². The molecule has 5 nitrogen and oxygen atoms in total. The molecule has 0 aliphatic heterocycles. The molecule has 0 aliphatic carbocycles. The number of hydrogen-bond acceptors (Lipinski definition) is 3. The van der Waals surface area contributed by atoms with Crippen molar-refractivity contribution in [2.45, 2.75) is 12.3 Å². The van der Waals surface area contributed by atoms with Crippen LogP contribution < -0.4 is 5.32 Å². The van der Waals surface area contributed by atoms with Crippen LogP contribution in [0.3, 0.4) is 0 Å². The fourth-order valence-corrected chi connectivity index (χ4v) is 3.11. The molecule has 0 atom stereocenters. The third-order valence-corrected chi connectivity index (χ3v) is 4.54. The molecule has 1 N–H and O–H groups in total. The average Bonchev–Trinajstić information content (AvgIpc) is 2.69. The highest BCUT2D eigenvalue weighted by Crippen LogP contribution is 2.30. The van der Waals surface area contributed by atoms with Gasteiger partial charge in [0, 0.05) is 24.1 Å². The van der Waals surface area contributed by atoms with E-state index in [1.807, 2.05) is 60.7 Å². The van der Waals surface area contributed by atoms with E-state index < -0.39 is 4.92 Å². The van der Waals surface area contributed by atoms with Crippen molar-refractivity contribution in [3.05, 3.63) is 105 Å². The Bertz CT molecular complexity index is 907. The minimum Gasteiger partial charge on any atom is -0.326 e. The molecule has 0 saturated heterocycles. The first-order chi connectivity index (χ1) is 13.0. The number of rotatable bonds is 6. The lowest BCUT2D eigenvalue weighted by atomic mass is 9.88. The maximum atomic E-state index is 12.6. The normalized spacial score (nSPS) is 10.6. The van der Waals surface area contributed by atoms with Crippen LogP contribution in [0, 0.1) is 10.1 Å². The Labute approximate surface area is 161 Å². The summed E-state index contributed by atoms with van der Waals surface area (Å²) in [5.74, 6) is -0.348. The Hall–Kier alpha value is -3.18. The molecule has 0 unspecified atom stereocenters. The van der Waals surface area contributed by atoms with Gasteiger partial charge in [0.05, 0.1) is 4.92 Å². The molecule has 3 aromatic rings. The predicted molar refractivity (Wildman–Crippen MR) is 106 cm³/mol. The topological polar surface area (TPSA) is 72.2 Å². The highest BCUT2D eigenvalue weighted by atomic mass is 35.5. The molecule has 27 heavy (non-hydrogen) atoms. The van der Waals surface area contributed by atoms with Crippen LogP contribution in [0.5, 0.6) is 0 Å². The highest BCUT2D eigenvalue weighted by Gasteiger charge is 2.19. The van der Waals surface area contributed by atoms with Crippen molar-refractivity contribution < 1.29 is 9.72 Å². The van der Waals surface area contributed by atoms with Crippen LogP contribution in [0.2, 0.25) is 5.02 Å². The van der Waals surface area contributed by atoms with E-state index in [1.165, 1.54) is 12.1 Å². The van der Waals surface area contributed by atoms with Gasteiger partial charge in [-0.1, -0.05) is 72.3 Å². The van der Waals surface area contributed by atoms with E-state index in [0.29, 0.717) is 5.69 Å². The van der Waals surface area contributed by atoms with Crippen LogP contribution in [0.25, 0.3) is 0 Å². The molecular weight excluding hydrogens is 364 g/mol. The zero-order chi connectivity index (χ0) is 19.2. The van der Waals surface area contributed by atoms with Crippen LogP contribution in [0.1, 0.15) is 23.5 Å². The fraction of sp³-hybridized carbons (Fsp3) is 0.0952. The summed E-state index contributed by atoms with van der Waals surface area (Å²) in [7, 11) is 0. The minimum atomic E-state index is -0.575. The lowest BCUT2D eigenvalue weighted by Crippen LogP contribution is -2.16. The van der Waals surface area contributed by atoms with Crippen LogP contribution in [0.4, 0.5) is 11.4 Å². The fourth-order valence-electron chi connectivity index (χ4n) is 2.93. The SMILES string of the molecule is O=C(CC(c1ccccc1)c1ccccc1)Nc1ccc(Cl)c([N+](=O)[O-])c1. The first-order valence-electron chi connectivity index (χ1n) is 8.38. The predicted octanol–water partition coefficient (Wildman–Crippen LogP) is 5.41. The van der Waals surface area contributed by atoms with Gasteiger partial charge in [-0.25, -0.2) is 0 Å². The minimum absolute atomic E-state index is 0.0319. The Morgan fingerprint density at radius 1 is 0.963 bits per heavy atom. The molecule has 0 spiro atoms. The van der Waals surface area contributed by atoms with E-state index in [9.17, 15) is 14.9 Å². The Balaban J connectivity index is 1.81. The van der Waals surface area contributed by atoms with Crippen molar-refractivity contribution in [1.82, 2.24) is 0 Å². The smallest absolute Gasteiger partial charge is 0.289 e. The molecule has 0 bridgehead atoms. The second-order valence-corrected chi connectivity index (χ2v) is 6.46. The summed E-state index contributed by atoms with van der Waals surface area (Å²) in [5, 5.41) is 13.8. The number of benzene rings is 3. The van der Waals surface area contributed by atoms with Gasteiger partial charge in [-0.05, 0) is 23.3 Å². The van der Waals surface area contributed by atoms with Crippen LogP contribution >= 0.6 is 11.6 Å². The number of hydrogen-bond donors (Lipinski definition) is 1. The standard InChI is InChI=1S/C21H17ClN2O3/c22-19-12-11-17(13-20(19)24(26)27)23-21(25)14-18(15-7-3-1-4-8-15)16-9-5-2-6-10-16/h1-13,18H,14H2,(H,23,25). The number of carbonyl (C=O) groups is 1. The number of nitro benzene ring substituents is 1.